The van der Waals surface area contributed by atoms with E-state index in [1.165, 1.54) is 0 Å². The Bertz CT molecular complexity index is 340. The lowest BCUT2D eigenvalue weighted by atomic mass is 9.87. The summed E-state index contributed by atoms with van der Waals surface area (Å²) < 4.78 is 28.8. The molecule has 102 valence electrons. The third-order valence-electron chi connectivity index (χ3n) is 3.17. The van der Waals surface area contributed by atoms with E-state index in [1.807, 2.05) is 20.8 Å². The molecular formula is C11H25N3O2S. The largest absolute Gasteiger partial charge is 0.330 e. The smallest absolute Gasteiger partial charge is 0.277 e. The van der Waals surface area contributed by atoms with Crippen LogP contribution in [0.4, 0.5) is 0 Å². The van der Waals surface area contributed by atoms with Gasteiger partial charge in [-0.25, -0.2) is 4.72 Å². The molecule has 1 saturated carbocycles. The second kappa shape index (κ2) is 5.22. The Morgan fingerprint density at radius 1 is 1.24 bits per heavy atom. The van der Waals surface area contributed by atoms with Crippen LogP contribution in [-0.4, -0.2) is 27.0 Å². The molecule has 0 aromatic rings. The first-order chi connectivity index (χ1) is 7.68. The van der Waals surface area contributed by atoms with Crippen LogP contribution in [0.15, 0.2) is 0 Å². The van der Waals surface area contributed by atoms with Gasteiger partial charge in [-0.3, -0.25) is 0 Å². The van der Waals surface area contributed by atoms with E-state index >= 15 is 0 Å². The Morgan fingerprint density at radius 2 is 1.76 bits per heavy atom. The summed E-state index contributed by atoms with van der Waals surface area (Å²) in [7, 11) is -3.43. The van der Waals surface area contributed by atoms with E-state index in [0.29, 0.717) is 13.1 Å². The summed E-state index contributed by atoms with van der Waals surface area (Å²) in [5.41, 5.74) is 5.27. The molecule has 0 radical (unpaired) electrons. The van der Waals surface area contributed by atoms with E-state index in [2.05, 4.69) is 9.44 Å². The number of nitrogens with two attached hydrogens (primary N) is 1. The van der Waals surface area contributed by atoms with E-state index in [4.69, 9.17) is 5.73 Å². The zero-order chi connectivity index (χ0) is 13.2. The molecule has 0 atom stereocenters. The van der Waals surface area contributed by atoms with E-state index in [1.54, 1.807) is 0 Å². The predicted octanol–water partition coefficient (Wildman–Crippen LogP) is 0.728. The highest BCUT2D eigenvalue weighted by molar-refractivity contribution is 7.87. The van der Waals surface area contributed by atoms with Crippen molar-refractivity contribution in [1.29, 1.82) is 0 Å². The Hall–Kier alpha value is -0.170. The summed E-state index contributed by atoms with van der Waals surface area (Å²) in [5.74, 6) is 0. The number of hydrogen-bond donors (Lipinski definition) is 3. The first kappa shape index (κ1) is 14.9. The number of rotatable bonds is 5. The van der Waals surface area contributed by atoms with Gasteiger partial charge in [-0.05, 0) is 45.6 Å². The highest BCUT2D eigenvalue weighted by Gasteiger charge is 2.34. The lowest BCUT2D eigenvalue weighted by Gasteiger charge is -2.28. The summed E-state index contributed by atoms with van der Waals surface area (Å²) in [6.07, 6.45) is 4.32. The van der Waals surface area contributed by atoms with E-state index in [0.717, 1.165) is 25.7 Å². The van der Waals surface area contributed by atoms with Gasteiger partial charge in [0.15, 0.2) is 0 Å². The van der Waals surface area contributed by atoms with Gasteiger partial charge in [0.05, 0.1) is 0 Å². The van der Waals surface area contributed by atoms with Crippen LogP contribution in [0.1, 0.15) is 46.5 Å². The summed E-state index contributed by atoms with van der Waals surface area (Å²) in [4.78, 5) is 0. The quantitative estimate of drug-likeness (QED) is 0.683. The van der Waals surface area contributed by atoms with Gasteiger partial charge in [0.2, 0.25) is 0 Å². The minimum absolute atomic E-state index is 0.0351. The van der Waals surface area contributed by atoms with Gasteiger partial charge in [0, 0.05) is 12.1 Å². The van der Waals surface area contributed by atoms with Crippen molar-refractivity contribution in [1.82, 2.24) is 9.44 Å². The molecule has 1 aliphatic rings. The third kappa shape index (κ3) is 4.91. The van der Waals surface area contributed by atoms with Crippen molar-refractivity contribution in [2.45, 2.75) is 52.0 Å². The monoisotopic (exact) mass is 263 g/mol. The molecule has 17 heavy (non-hydrogen) atoms. The van der Waals surface area contributed by atoms with Crippen molar-refractivity contribution in [2.24, 2.45) is 11.1 Å². The van der Waals surface area contributed by atoms with Crippen LogP contribution in [-0.2, 0) is 10.2 Å². The topological polar surface area (TPSA) is 84.2 Å². The van der Waals surface area contributed by atoms with Crippen molar-refractivity contribution in [2.75, 3.05) is 13.1 Å². The molecular weight excluding hydrogens is 238 g/mol. The van der Waals surface area contributed by atoms with Gasteiger partial charge in [0.25, 0.3) is 10.2 Å². The molecule has 1 fully saturated rings. The van der Waals surface area contributed by atoms with Crippen LogP contribution in [0.3, 0.4) is 0 Å². The Balaban J connectivity index is 2.54. The molecule has 1 aliphatic carbocycles. The summed E-state index contributed by atoms with van der Waals surface area (Å²) in [6.45, 7) is 6.45. The second-order valence-electron chi connectivity index (χ2n) is 6.09. The summed E-state index contributed by atoms with van der Waals surface area (Å²) in [5, 5.41) is 0. The summed E-state index contributed by atoms with van der Waals surface area (Å²) >= 11 is 0. The van der Waals surface area contributed by atoms with E-state index < -0.39 is 15.7 Å². The van der Waals surface area contributed by atoms with Crippen LogP contribution >= 0.6 is 0 Å². The fraction of sp³-hybridized carbons (Fsp3) is 1.00. The van der Waals surface area contributed by atoms with Crippen molar-refractivity contribution < 1.29 is 8.42 Å². The van der Waals surface area contributed by atoms with Crippen LogP contribution in [0.5, 0.6) is 0 Å². The fourth-order valence-corrected chi connectivity index (χ4v) is 3.64. The van der Waals surface area contributed by atoms with Gasteiger partial charge in [-0.15, -0.1) is 0 Å². The van der Waals surface area contributed by atoms with Crippen LogP contribution in [0, 0.1) is 5.41 Å². The zero-order valence-corrected chi connectivity index (χ0v) is 11.9. The molecule has 1 rings (SSSR count). The van der Waals surface area contributed by atoms with Gasteiger partial charge in [-0.2, -0.15) is 13.1 Å². The molecule has 4 N–H and O–H groups in total. The third-order valence-corrected chi connectivity index (χ3v) is 4.58. The zero-order valence-electron chi connectivity index (χ0n) is 11.0. The lowest BCUT2D eigenvalue weighted by Crippen LogP contribution is -2.50. The minimum atomic E-state index is -3.43. The molecule has 5 nitrogen and oxygen atoms in total. The standard InChI is InChI=1S/C11H25N3O2S/c1-10(2,3)14-17(15,16)13-9-11(8-12)6-4-5-7-11/h13-14H,4-9,12H2,1-3H3. The molecule has 0 aromatic heterocycles. The summed E-state index contributed by atoms with van der Waals surface area (Å²) in [6, 6.07) is 0. The van der Waals surface area contributed by atoms with Gasteiger partial charge >= 0.3 is 0 Å². The minimum Gasteiger partial charge on any atom is -0.330 e. The molecule has 0 amide bonds. The highest BCUT2D eigenvalue weighted by atomic mass is 32.2. The van der Waals surface area contributed by atoms with Crippen molar-refractivity contribution in [3.05, 3.63) is 0 Å². The van der Waals surface area contributed by atoms with Gasteiger partial charge < -0.3 is 5.73 Å². The molecule has 0 bridgehead atoms. The van der Waals surface area contributed by atoms with E-state index in [-0.39, 0.29) is 5.41 Å². The fourth-order valence-electron chi connectivity index (χ4n) is 2.27. The average molecular weight is 263 g/mol. The molecule has 0 aliphatic heterocycles. The SMILES string of the molecule is CC(C)(C)NS(=O)(=O)NCC1(CN)CCCC1. The second-order valence-corrected chi connectivity index (χ2v) is 7.59. The van der Waals surface area contributed by atoms with Gasteiger partial charge in [-0.1, -0.05) is 12.8 Å². The van der Waals surface area contributed by atoms with Gasteiger partial charge in [0.1, 0.15) is 0 Å². The van der Waals surface area contributed by atoms with Crippen molar-refractivity contribution >= 4 is 10.2 Å². The molecule has 0 saturated heterocycles. The number of nitrogens with one attached hydrogen (secondary N) is 2. The maximum atomic E-state index is 11.8. The van der Waals surface area contributed by atoms with Crippen LogP contribution in [0.2, 0.25) is 0 Å². The Labute approximate surface area is 105 Å². The average Bonchev–Trinajstić information content (AvgIpc) is 2.60. The normalized spacial score (nSPS) is 20.7. The maximum Gasteiger partial charge on any atom is 0.277 e. The molecule has 0 spiro atoms. The highest BCUT2D eigenvalue weighted by Crippen LogP contribution is 2.36. The maximum absolute atomic E-state index is 11.8. The lowest BCUT2D eigenvalue weighted by molar-refractivity contribution is 0.308. The van der Waals surface area contributed by atoms with Crippen molar-refractivity contribution in [3.8, 4) is 0 Å². The van der Waals surface area contributed by atoms with E-state index in [9.17, 15) is 8.42 Å². The van der Waals surface area contributed by atoms with Crippen LogP contribution in [0.25, 0.3) is 0 Å². The molecule has 6 heteroatoms. The molecule has 0 aromatic carbocycles. The predicted molar refractivity (Wildman–Crippen MR) is 69.8 cm³/mol. The first-order valence-electron chi connectivity index (χ1n) is 6.17. The molecule has 0 unspecified atom stereocenters. The molecule has 0 heterocycles. The van der Waals surface area contributed by atoms with Crippen LogP contribution < -0.4 is 15.2 Å². The Kier molecular flexibility index (Phi) is 4.57. The van der Waals surface area contributed by atoms with Crippen molar-refractivity contribution in [3.63, 3.8) is 0 Å². The first-order valence-corrected chi connectivity index (χ1v) is 7.65. The number of hydrogen-bond acceptors (Lipinski definition) is 3. The Morgan fingerprint density at radius 3 is 2.18 bits per heavy atom.